The second-order valence-electron chi connectivity index (χ2n) is 6.28. The third kappa shape index (κ3) is 2.72. The van der Waals surface area contributed by atoms with Crippen LogP contribution in [0.25, 0.3) is 11.0 Å². The van der Waals surface area contributed by atoms with Crippen LogP contribution in [0.2, 0.25) is 0 Å². The first-order valence-corrected chi connectivity index (χ1v) is 8.76. The molecule has 1 aromatic carbocycles. The molecule has 1 aliphatic heterocycles. The summed E-state index contributed by atoms with van der Waals surface area (Å²) >= 11 is 5.41. The van der Waals surface area contributed by atoms with Crippen molar-refractivity contribution in [3.63, 3.8) is 0 Å². The number of rotatable bonds is 3. The highest BCUT2D eigenvalue weighted by Crippen LogP contribution is 2.26. The largest absolute Gasteiger partial charge is 0.355 e. The van der Waals surface area contributed by atoms with Crippen molar-refractivity contribution < 1.29 is 0 Å². The van der Waals surface area contributed by atoms with Crippen LogP contribution in [0.5, 0.6) is 0 Å². The van der Waals surface area contributed by atoms with Gasteiger partial charge in [0.2, 0.25) is 0 Å². The Labute approximate surface area is 144 Å². The maximum absolute atomic E-state index is 12.0. The van der Waals surface area contributed by atoms with Crippen LogP contribution in [0.4, 0.5) is 0 Å². The van der Waals surface area contributed by atoms with E-state index in [0.717, 1.165) is 18.5 Å². The van der Waals surface area contributed by atoms with Gasteiger partial charge in [-0.3, -0.25) is 9.78 Å². The van der Waals surface area contributed by atoms with Crippen molar-refractivity contribution in [1.82, 2.24) is 19.9 Å². The normalized spacial score (nSPS) is 18.1. The summed E-state index contributed by atoms with van der Waals surface area (Å²) in [7, 11) is 0. The fraction of sp³-hybridized carbons (Fsp3) is 0.333. The Bertz CT molecular complexity index is 978. The highest BCUT2D eigenvalue weighted by atomic mass is 32.1. The predicted octanol–water partition coefficient (Wildman–Crippen LogP) is 3.25. The topological polar surface area (TPSA) is 65.6 Å². The van der Waals surface area contributed by atoms with Gasteiger partial charge in [0.05, 0.1) is 12.1 Å². The molecule has 1 unspecified atom stereocenters. The monoisotopic (exact) mass is 340 g/mol. The number of aromatic nitrogens is 3. The third-order valence-corrected chi connectivity index (χ3v) is 5.10. The molecule has 0 aliphatic carbocycles. The lowest BCUT2D eigenvalue weighted by Gasteiger charge is -2.26. The van der Waals surface area contributed by atoms with E-state index in [-0.39, 0.29) is 5.56 Å². The van der Waals surface area contributed by atoms with E-state index < -0.39 is 0 Å². The van der Waals surface area contributed by atoms with Crippen LogP contribution in [0.1, 0.15) is 36.4 Å². The molecule has 1 saturated heterocycles. The van der Waals surface area contributed by atoms with E-state index in [4.69, 9.17) is 12.2 Å². The number of nitrogens with zero attached hydrogens (tertiary/aromatic N) is 1. The average molecular weight is 340 g/mol. The summed E-state index contributed by atoms with van der Waals surface area (Å²) in [6.45, 7) is 1.72. The minimum absolute atomic E-state index is 0.168. The smallest absolute Gasteiger partial charge is 0.276 e. The summed E-state index contributed by atoms with van der Waals surface area (Å²) in [5.41, 5.74) is 3.81. The molecule has 0 radical (unpaired) electrons. The number of benzene rings is 1. The zero-order valence-corrected chi connectivity index (χ0v) is 14.2. The van der Waals surface area contributed by atoms with E-state index >= 15 is 0 Å². The molecule has 1 fully saturated rings. The quantitative estimate of drug-likeness (QED) is 0.641. The van der Waals surface area contributed by atoms with Crippen molar-refractivity contribution in [3.05, 3.63) is 62.8 Å². The number of hydrogen-bond acceptors (Lipinski definition) is 3. The Hall–Kier alpha value is -2.18. The van der Waals surface area contributed by atoms with Crippen LogP contribution >= 0.6 is 12.2 Å². The van der Waals surface area contributed by atoms with Gasteiger partial charge in [0.25, 0.3) is 5.56 Å². The zero-order valence-electron chi connectivity index (χ0n) is 13.3. The molecule has 1 aliphatic rings. The first-order valence-electron chi connectivity index (χ1n) is 8.35. The van der Waals surface area contributed by atoms with Gasteiger partial charge in [0.15, 0.2) is 4.77 Å². The molecule has 3 aromatic rings. The van der Waals surface area contributed by atoms with Crippen molar-refractivity contribution in [2.75, 3.05) is 6.54 Å². The van der Waals surface area contributed by atoms with Crippen molar-refractivity contribution >= 4 is 23.3 Å². The average Bonchev–Trinajstić information content (AvgIpc) is 3.10. The van der Waals surface area contributed by atoms with Crippen molar-refractivity contribution in [1.29, 1.82) is 0 Å². The summed E-state index contributed by atoms with van der Waals surface area (Å²) in [6, 6.07) is 10.8. The van der Waals surface area contributed by atoms with E-state index in [9.17, 15) is 4.79 Å². The van der Waals surface area contributed by atoms with Gasteiger partial charge >= 0.3 is 0 Å². The standard InChI is InChI=1S/C18H20N4OS/c23-17-16-15(8-10-20-16)22(18(24)21-17)11-12-5-1-2-6-13(12)14-7-3-4-9-19-14/h1-2,5-6,8,10,14,19-20H,3-4,7,9,11H2,(H,21,23,24). The molecule has 0 amide bonds. The van der Waals surface area contributed by atoms with Gasteiger partial charge in [-0.15, -0.1) is 0 Å². The Morgan fingerprint density at radius 1 is 1.21 bits per heavy atom. The van der Waals surface area contributed by atoms with E-state index in [1.807, 2.05) is 10.6 Å². The molecular weight excluding hydrogens is 320 g/mol. The molecule has 3 N–H and O–H groups in total. The van der Waals surface area contributed by atoms with Crippen LogP contribution < -0.4 is 10.9 Å². The van der Waals surface area contributed by atoms with Gasteiger partial charge in [-0.05, 0) is 48.8 Å². The Kier molecular flexibility index (Phi) is 4.08. The van der Waals surface area contributed by atoms with Crippen LogP contribution in [0, 0.1) is 4.77 Å². The van der Waals surface area contributed by atoms with Crippen molar-refractivity contribution in [2.45, 2.75) is 31.8 Å². The van der Waals surface area contributed by atoms with Crippen LogP contribution in [0.3, 0.4) is 0 Å². The van der Waals surface area contributed by atoms with Gasteiger partial charge in [-0.25, -0.2) is 0 Å². The van der Waals surface area contributed by atoms with Crippen molar-refractivity contribution in [2.24, 2.45) is 0 Å². The summed E-state index contributed by atoms with van der Waals surface area (Å²) in [5.74, 6) is 0. The second-order valence-corrected chi connectivity index (χ2v) is 6.67. The number of aromatic amines is 2. The fourth-order valence-electron chi connectivity index (χ4n) is 3.57. The predicted molar refractivity (Wildman–Crippen MR) is 97.9 cm³/mol. The number of H-pyrrole nitrogens is 2. The van der Waals surface area contributed by atoms with E-state index in [1.165, 1.54) is 24.0 Å². The SMILES string of the molecule is O=c1[nH]c(=S)n(Cc2ccccc2C2CCCCN2)c2cc[nH]c12. The van der Waals surface area contributed by atoms with Gasteiger partial charge < -0.3 is 14.9 Å². The molecule has 6 heteroatoms. The minimum Gasteiger partial charge on any atom is -0.355 e. The number of nitrogens with one attached hydrogen (secondary N) is 3. The van der Waals surface area contributed by atoms with Crippen molar-refractivity contribution in [3.8, 4) is 0 Å². The Morgan fingerprint density at radius 2 is 2.08 bits per heavy atom. The maximum Gasteiger partial charge on any atom is 0.276 e. The summed E-state index contributed by atoms with van der Waals surface area (Å²) in [6.07, 6.45) is 5.44. The first kappa shape index (κ1) is 15.4. The molecule has 24 heavy (non-hydrogen) atoms. The molecule has 3 heterocycles. The highest BCUT2D eigenvalue weighted by molar-refractivity contribution is 7.71. The number of piperidine rings is 1. The van der Waals surface area contributed by atoms with Crippen LogP contribution in [-0.2, 0) is 6.54 Å². The summed E-state index contributed by atoms with van der Waals surface area (Å²) < 4.78 is 2.45. The molecule has 0 spiro atoms. The lowest BCUT2D eigenvalue weighted by molar-refractivity contribution is 0.410. The number of fused-ring (bicyclic) bond motifs is 1. The van der Waals surface area contributed by atoms with E-state index in [0.29, 0.717) is 22.9 Å². The highest BCUT2D eigenvalue weighted by Gasteiger charge is 2.18. The molecule has 0 saturated carbocycles. The molecule has 124 valence electrons. The Morgan fingerprint density at radius 3 is 2.92 bits per heavy atom. The summed E-state index contributed by atoms with van der Waals surface area (Å²) in [4.78, 5) is 17.8. The van der Waals surface area contributed by atoms with Crippen LogP contribution in [0.15, 0.2) is 41.3 Å². The molecule has 0 bridgehead atoms. The van der Waals surface area contributed by atoms with Gasteiger partial charge in [0.1, 0.15) is 5.52 Å². The Balaban J connectivity index is 1.78. The minimum atomic E-state index is -0.168. The van der Waals surface area contributed by atoms with Gasteiger partial charge in [0, 0.05) is 12.2 Å². The van der Waals surface area contributed by atoms with E-state index in [1.54, 1.807) is 6.20 Å². The molecule has 5 nitrogen and oxygen atoms in total. The maximum atomic E-state index is 12.0. The molecule has 4 rings (SSSR count). The third-order valence-electron chi connectivity index (χ3n) is 4.78. The molecule has 2 aromatic heterocycles. The molecule has 1 atom stereocenters. The van der Waals surface area contributed by atoms with Gasteiger partial charge in [-0.2, -0.15) is 0 Å². The second kappa shape index (κ2) is 6.37. The lowest BCUT2D eigenvalue weighted by atomic mass is 9.93. The molecular formula is C18H20N4OS. The first-order chi connectivity index (χ1) is 11.7. The fourth-order valence-corrected chi connectivity index (χ4v) is 3.82. The van der Waals surface area contributed by atoms with Gasteiger partial charge in [-0.1, -0.05) is 30.7 Å². The summed E-state index contributed by atoms with van der Waals surface area (Å²) in [5, 5.41) is 3.62. The van der Waals surface area contributed by atoms with Crippen LogP contribution in [-0.4, -0.2) is 21.1 Å². The number of hydrogen-bond donors (Lipinski definition) is 3. The van der Waals surface area contributed by atoms with E-state index in [2.05, 4.69) is 39.6 Å². The zero-order chi connectivity index (χ0) is 16.5. The lowest BCUT2D eigenvalue weighted by Crippen LogP contribution is -2.28.